The summed E-state index contributed by atoms with van der Waals surface area (Å²) in [4.78, 5) is 28.3. The highest BCUT2D eigenvalue weighted by molar-refractivity contribution is 7.14. The van der Waals surface area contributed by atoms with Gasteiger partial charge in [0.15, 0.2) is 5.13 Å². The molecule has 1 heterocycles. The Morgan fingerprint density at radius 3 is 2.45 bits per heavy atom. The predicted molar refractivity (Wildman–Crippen MR) is 153 cm³/mol. The number of carbonyl (C=O) groups excluding carboxylic acids is 1. The van der Waals surface area contributed by atoms with Gasteiger partial charge >= 0.3 is 5.97 Å². The Kier molecular flexibility index (Phi) is 10.2. The van der Waals surface area contributed by atoms with Crippen LogP contribution in [-0.4, -0.2) is 35.7 Å². The summed E-state index contributed by atoms with van der Waals surface area (Å²) in [6.07, 6.45) is 2.61. The topological polar surface area (TPSA) is 97.8 Å². The van der Waals surface area contributed by atoms with Crippen molar-refractivity contribution in [3.63, 3.8) is 0 Å². The normalized spacial score (nSPS) is 12.8. The molecule has 0 saturated carbocycles. The van der Waals surface area contributed by atoms with Crippen molar-refractivity contribution in [2.45, 2.75) is 53.6 Å². The molecule has 0 fully saturated rings. The number of halogens is 2. The molecular formula is C30H34F2N2O5S. The van der Waals surface area contributed by atoms with Crippen molar-refractivity contribution in [2.24, 2.45) is 5.41 Å². The zero-order chi connectivity index (χ0) is 29.6. The van der Waals surface area contributed by atoms with Crippen molar-refractivity contribution in [1.82, 2.24) is 4.98 Å². The third-order valence-electron chi connectivity index (χ3n) is 6.14. The van der Waals surface area contributed by atoms with Crippen LogP contribution in [0.25, 0.3) is 17.3 Å². The molecule has 3 rings (SSSR count). The molecule has 0 aliphatic carbocycles. The molecule has 2 aromatic carbocycles. The molecule has 0 aliphatic rings. The van der Waals surface area contributed by atoms with Gasteiger partial charge in [-0.2, -0.15) is 0 Å². The van der Waals surface area contributed by atoms with Crippen LogP contribution in [0.15, 0.2) is 41.3 Å². The fraction of sp³-hybridized carbons (Fsp3) is 0.367. The quantitative estimate of drug-likeness (QED) is 0.180. The van der Waals surface area contributed by atoms with E-state index in [0.29, 0.717) is 23.6 Å². The lowest BCUT2D eigenvalue weighted by Gasteiger charge is -2.32. The molecular weight excluding hydrogens is 538 g/mol. The number of unbranched alkanes of at least 4 members (excludes halogenated alkanes) is 1. The highest BCUT2D eigenvalue weighted by atomic mass is 32.1. The second-order valence-electron chi connectivity index (χ2n) is 10.4. The Bertz CT molecular complexity index is 1390. The Morgan fingerprint density at radius 1 is 1.20 bits per heavy atom. The smallest absolute Gasteiger partial charge is 0.331 e. The number of hydrogen-bond donors (Lipinski definition) is 2. The lowest BCUT2D eigenvalue weighted by Crippen LogP contribution is -2.22. The predicted octanol–water partition coefficient (Wildman–Crippen LogP) is 7.74. The van der Waals surface area contributed by atoms with E-state index in [4.69, 9.17) is 14.6 Å². The van der Waals surface area contributed by atoms with Crippen LogP contribution in [0.5, 0.6) is 5.75 Å². The molecule has 3 aromatic rings. The van der Waals surface area contributed by atoms with Crippen molar-refractivity contribution in [3.05, 3.63) is 69.6 Å². The number of thiazole rings is 1. The van der Waals surface area contributed by atoms with Crippen LogP contribution in [-0.2, 0) is 9.53 Å². The Morgan fingerprint density at radius 2 is 1.88 bits per heavy atom. The minimum atomic E-state index is -1.31. The largest absolute Gasteiger partial charge is 0.496 e. The number of rotatable bonds is 11. The first kappa shape index (κ1) is 30.9. The molecule has 2 N–H and O–H groups in total. The van der Waals surface area contributed by atoms with Crippen molar-refractivity contribution in [2.75, 3.05) is 19.0 Å². The molecule has 0 spiro atoms. The van der Waals surface area contributed by atoms with Gasteiger partial charge in [-0.05, 0) is 43.0 Å². The van der Waals surface area contributed by atoms with Gasteiger partial charge in [0.2, 0.25) is 0 Å². The van der Waals surface area contributed by atoms with Gasteiger partial charge in [-0.15, -0.1) is 11.3 Å². The van der Waals surface area contributed by atoms with Gasteiger partial charge in [0, 0.05) is 39.8 Å². The van der Waals surface area contributed by atoms with E-state index < -0.39 is 29.1 Å². The van der Waals surface area contributed by atoms with Crippen LogP contribution in [0.1, 0.15) is 75.0 Å². The van der Waals surface area contributed by atoms with Crippen molar-refractivity contribution < 1.29 is 33.0 Å². The fourth-order valence-corrected chi connectivity index (χ4v) is 4.80. The summed E-state index contributed by atoms with van der Waals surface area (Å²) in [7, 11) is 1.59. The SMILES string of the molecule is CCCCOC(c1cccc(-c2csc(NC(=O)c3cc(F)c(/C=C(\C)C(=O)O)c(F)c3)n2)c1OC)C(C)(C)C. The molecule has 1 atom stereocenters. The third kappa shape index (κ3) is 7.31. The van der Waals surface area contributed by atoms with E-state index in [1.807, 2.05) is 18.2 Å². The minimum absolute atomic E-state index is 0.205. The zero-order valence-corrected chi connectivity index (χ0v) is 24.2. The van der Waals surface area contributed by atoms with Crippen LogP contribution in [0.2, 0.25) is 0 Å². The molecule has 0 bridgehead atoms. The summed E-state index contributed by atoms with van der Waals surface area (Å²) in [6.45, 7) is 10.3. The highest BCUT2D eigenvalue weighted by Crippen LogP contribution is 2.44. The van der Waals surface area contributed by atoms with Crippen LogP contribution in [0, 0.1) is 17.0 Å². The molecule has 40 heavy (non-hydrogen) atoms. The molecule has 0 aliphatic heterocycles. The Balaban J connectivity index is 1.88. The summed E-state index contributed by atoms with van der Waals surface area (Å²) in [5.41, 5.74) is 0.907. The number of carboxylic acids is 1. The van der Waals surface area contributed by atoms with E-state index in [1.54, 1.807) is 12.5 Å². The lowest BCUT2D eigenvalue weighted by atomic mass is 9.83. The Labute approximate surface area is 236 Å². The summed E-state index contributed by atoms with van der Waals surface area (Å²) in [5, 5.41) is 13.5. The number of carboxylic acid groups (broad SMARTS) is 1. The van der Waals surface area contributed by atoms with E-state index in [2.05, 4.69) is 38.0 Å². The molecule has 7 nitrogen and oxygen atoms in total. The molecule has 10 heteroatoms. The van der Waals surface area contributed by atoms with Crippen LogP contribution < -0.4 is 10.1 Å². The first-order valence-electron chi connectivity index (χ1n) is 12.8. The number of carbonyl (C=O) groups is 2. The van der Waals surface area contributed by atoms with Gasteiger partial charge < -0.3 is 14.6 Å². The van der Waals surface area contributed by atoms with Gasteiger partial charge in [0.25, 0.3) is 5.91 Å². The summed E-state index contributed by atoms with van der Waals surface area (Å²) >= 11 is 1.15. The number of benzene rings is 2. The number of nitrogens with one attached hydrogen (secondary N) is 1. The second-order valence-corrected chi connectivity index (χ2v) is 11.2. The van der Waals surface area contributed by atoms with Crippen molar-refractivity contribution in [1.29, 1.82) is 0 Å². The lowest BCUT2D eigenvalue weighted by molar-refractivity contribution is -0.132. The number of aromatic nitrogens is 1. The second kappa shape index (κ2) is 13.1. The Hall–Kier alpha value is -3.63. The number of aliphatic carboxylic acids is 1. The molecule has 0 saturated heterocycles. The first-order chi connectivity index (χ1) is 18.9. The maximum absolute atomic E-state index is 14.5. The zero-order valence-electron chi connectivity index (χ0n) is 23.4. The van der Waals surface area contributed by atoms with Gasteiger partial charge in [-0.25, -0.2) is 18.6 Å². The maximum Gasteiger partial charge on any atom is 0.331 e. The summed E-state index contributed by atoms with van der Waals surface area (Å²) in [5.74, 6) is -3.56. The summed E-state index contributed by atoms with van der Waals surface area (Å²) in [6, 6.07) is 7.45. The minimum Gasteiger partial charge on any atom is -0.496 e. The number of anilines is 1. The number of para-hydroxylation sites is 1. The molecule has 1 aromatic heterocycles. The monoisotopic (exact) mass is 572 g/mol. The highest BCUT2D eigenvalue weighted by Gasteiger charge is 2.31. The van der Waals surface area contributed by atoms with Crippen LogP contribution in [0.4, 0.5) is 13.9 Å². The van der Waals surface area contributed by atoms with Crippen LogP contribution in [0.3, 0.4) is 0 Å². The van der Waals surface area contributed by atoms with Gasteiger partial charge in [0.05, 0.1) is 18.9 Å². The number of methoxy groups -OCH3 is 1. The first-order valence-corrected chi connectivity index (χ1v) is 13.7. The molecule has 1 amide bonds. The number of ether oxygens (including phenoxy) is 2. The maximum atomic E-state index is 14.5. The number of amides is 1. The van der Waals surface area contributed by atoms with Crippen molar-refractivity contribution in [3.8, 4) is 17.0 Å². The molecule has 1 unspecified atom stereocenters. The number of nitrogens with zero attached hydrogens (tertiary/aromatic N) is 1. The van der Waals surface area contributed by atoms with Crippen molar-refractivity contribution >= 4 is 34.4 Å². The van der Waals surface area contributed by atoms with Crippen LogP contribution >= 0.6 is 11.3 Å². The molecule has 214 valence electrons. The standard InChI is InChI=1S/C30H34F2N2O5S/c1-7-8-12-39-26(30(3,4)5)20-11-9-10-19(25(20)38-6)24-16-40-29(33-24)34-27(35)18-14-22(31)21(23(32)15-18)13-17(2)28(36)37/h9-11,13-16,26H,7-8,12H2,1-6H3,(H,36,37)(H,33,34,35)/b17-13+. The fourth-order valence-electron chi connectivity index (χ4n) is 4.10. The van der Waals surface area contributed by atoms with E-state index in [1.165, 1.54) is 6.92 Å². The average Bonchev–Trinajstić information content (AvgIpc) is 3.35. The summed E-state index contributed by atoms with van der Waals surface area (Å²) < 4.78 is 41.2. The van der Waals surface area contributed by atoms with E-state index in [9.17, 15) is 18.4 Å². The molecule has 0 radical (unpaired) electrons. The van der Waals surface area contributed by atoms with Gasteiger partial charge in [-0.1, -0.05) is 46.2 Å². The third-order valence-corrected chi connectivity index (χ3v) is 6.90. The average molecular weight is 573 g/mol. The van der Waals surface area contributed by atoms with E-state index >= 15 is 0 Å². The van der Waals surface area contributed by atoms with E-state index in [0.717, 1.165) is 48.0 Å². The van der Waals surface area contributed by atoms with E-state index in [-0.39, 0.29) is 27.8 Å². The van der Waals surface area contributed by atoms with Gasteiger partial charge in [0.1, 0.15) is 17.4 Å². The number of hydrogen-bond acceptors (Lipinski definition) is 6. The van der Waals surface area contributed by atoms with Gasteiger partial charge in [-0.3, -0.25) is 10.1 Å².